The summed E-state index contributed by atoms with van der Waals surface area (Å²) in [4.78, 5) is 21.3. The van der Waals surface area contributed by atoms with Gasteiger partial charge in [-0.05, 0) is 24.5 Å². The van der Waals surface area contributed by atoms with Gasteiger partial charge in [-0.3, -0.25) is 9.59 Å². The molecule has 0 spiro atoms. The van der Waals surface area contributed by atoms with Crippen molar-refractivity contribution in [1.82, 2.24) is 5.32 Å². The van der Waals surface area contributed by atoms with Gasteiger partial charge < -0.3 is 10.4 Å². The fourth-order valence-electron chi connectivity index (χ4n) is 1.43. The molecule has 1 amide bonds. The molecule has 4 nitrogen and oxygen atoms in total. The van der Waals surface area contributed by atoms with Crippen LogP contribution in [-0.4, -0.2) is 23.5 Å². The molecule has 1 aromatic rings. The average molecular weight is 221 g/mol. The molecule has 86 valence electrons. The number of hydrogen-bond donors (Lipinski definition) is 2. The van der Waals surface area contributed by atoms with Crippen LogP contribution in [0.3, 0.4) is 0 Å². The van der Waals surface area contributed by atoms with E-state index in [0.29, 0.717) is 6.54 Å². The quantitative estimate of drug-likeness (QED) is 0.732. The standard InChI is InChI=1S/C12H15NO3/c1-9-4-2-3-5-10(9)6-7-13-11(14)8-12(15)16/h2-5H,6-8H2,1H3,(H,13,14)(H,15,16). The summed E-state index contributed by atoms with van der Waals surface area (Å²) in [5, 5.41) is 11.0. The zero-order chi connectivity index (χ0) is 12.0. The van der Waals surface area contributed by atoms with Gasteiger partial charge in [-0.2, -0.15) is 0 Å². The molecule has 0 atom stereocenters. The van der Waals surface area contributed by atoms with Crippen LogP contribution in [0.25, 0.3) is 0 Å². The number of benzene rings is 1. The summed E-state index contributed by atoms with van der Waals surface area (Å²) in [6, 6.07) is 7.91. The SMILES string of the molecule is Cc1ccccc1CCNC(=O)CC(=O)O. The predicted molar refractivity (Wildman–Crippen MR) is 60.1 cm³/mol. The van der Waals surface area contributed by atoms with Gasteiger partial charge in [0.15, 0.2) is 0 Å². The molecule has 0 aliphatic heterocycles. The van der Waals surface area contributed by atoms with Crippen molar-refractivity contribution in [2.24, 2.45) is 0 Å². The van der Waals surface area contributed by atoms with E-state index in [4.69, 9.17) is 5.11 Å². The first-order valence-corrected chi connectivity index (χ1v) is 5.12. The third kappa shape index (κ3) is 4.13. The normalized spacial score (nSPS) is 9.81. The van der Waals surface area contributed by atoms with E-state index < -0.39 is 18.3 Å². The molecule has 4 heteroatoms. The molecular weight excluding hydrogens is 206 g/mol. The van der Waals surface area contributed by atoms with Crippen molar-refractivity contribution in [3.8, 4) is 0 Å². The van der Waals surface area contributed by atoms with E-state index in [-0.39, 0.29) is 0 Å². The zero-order valence-electron chi connectivity index (χ0n) is 9.19. The van der Waals surface area contributed by atoms with Crippen molar-refractivity contribution in [2.75, 3.05) is 6.54 Å². The monoisotopic (exact) mass is 221 g/mol. The molecular formula is C12H15NO3. The van der Waals surface area contributed by atoms with E-state index in [1.165, 1.54) is 5.56 Å². The lowest BCUT2D eigenvalue weighted by atomic mass is 10.1. The highest BCUT2D eigenvalue weighted by molar-refractivity contribution is 5.93. The Morgan fingerprint density at radius 1 is 1.31 bits per heavy atom. The fourth-order valence-corrected chi connectivity index (χ4v) is 1.43. The maximum absolute atomic E-state index is 11.0. The van der Waals surface area contributed by atoms with Gasteiger partial charge in [0.25, 0.3) is 0 Å². The fraction of sp³-hybridized carbons (Fsp3) is 0.333. The Kier molecular flexibility index (Phi) is 4.51. The number of nitrogens with one attached hydrogen (secondary N) is 1. The minimum Gasteiger partial charge on any atom is -0.481 e. The van der Waals surface area contributed by atoms with Crippen molar-refractivity contribution in [1.29, 1.82) is 0 Å². The topological polar surface area (TPSA) is 66.4 Å². The van der Waals surface area contributed by atoms with Crippen LogP contribution >= 0.6 is 0 Å². The summed E-state index contributed by atoms with van der Waals surface area (Å²) in [6.07, 6.45) is 0.256. The lowest BCUT2D eigenvalue weighted by Crippen LogP contribution is -2.27. The maximum Gasteiger partial charge on any atom is 0.312 e. The highest BCUT2D eigenvalue weighted by Gasteiger charge is 2.06. The number of hydrogen-bond acceptors (Lipinski definition) is 2. The zero-order valence-corrected chi connectivity index (χ0v) is 9.19. The molecule has 0 aliphatic rings. The number of aryl methyl sites for hydroxylation is 1. The van der Waals surface area contributed by atoms with Crippen molar-refractivity contribution < 1.29 is 14.7 Å². The van der Waals surface area contributed by atoms with Crippen molar-refractivity contribution in [3.63, 3.8) is 0 Å². The Bertz CT molecular complexity index is 388. The Hall–Kier alpha value is -1.84. The van der Waals surface area contributed by atoms with Crippen LogP contribution in [0, 0.1) is 6.92 Å². The molecule has 0 aromatic heterocycles. The average Bonchev–Trinajstić information content (AvgIpc) is 2.19. The highest BCUT2D eigenvalue weighted by atomic mass is 16.4. The second-order valence-corrected chi connectivity index (χ2v) is 3.60. The van der Waals surface area contributed by atoms with E-state index in [1.807, 2.05) is 31.2 Å². The Morgan fingerprint density at radius 3 is 2.62 bits per heavy atom. The van der Waals surface area contributed by atoms with Crippen LogP contribution < -0.4 is 5.32 Å². The maximum atomic E-state index is 11.0. The third-order valence-corrected chi connectivity index (χ3v) is 2.29. The highest BCUT2D eigenvalue weighted by Crippen LogP contribution is 2.06. The second kappa shape index (κ2) is 5.90. The van der Waals surface area contributed by atoms with E-state index in [1.54, 1.807) is 0 Å². The minimum atomic E-state index is -1.10. The molecule has 0 saturated heterocycles. The van der Waals surface area contributed by atoms with Gasteiger partial charge in [-0.1, -0.05) is 24.3 Å². The van der Waals surface area contributed by atoms with Crippen LogP contribution in [0.1, 0.15) is 17.5 Å². The Morgan fingerprint density at radius 2 is 2.00 bits per heavy atom. The van der Waals surface area contributed by atoms with Gasteiger partial charge in [0.05, 0.1) is 0 Å². The van der Waals surface area contributed by atoms with E-state index >= 15 is 0 Å². The van der Waals surface area contributed by atoms with Gasteiger partial charge >= 0.3 is 5.97 Å². The number of carboxylic acids is 1. The summed E-state index contributed by atoms with van der Waals surface area (Å²) in [5.41, 5.74) is 2.34. The number of rotatable bonds is 5. The molecule has 2 N–H and O–H groups in total. The van der Waals surface area contributed by atoms with Crippen LogP contribution in [-0.2, 0) is 16.0 Å². The summed E-state index contributed by atoms with van der Waals surface area (Å²) in [7, 11) is 0. The van der Waals surface area contributed by atoms with Crippen LogP contribution in [0.2, 0.25) is 0 Å². The molecule has 0 aliphatic carbocycles. The third-order valence-electron chi connectivity index (χ3n) is 2.29. The first kappa shape index (κ1) is 12.2. The predicted octanol–water partition coefficient (Wildman–Crippen LogP) is 1.13. The molecule has 0 fully saturated rings. The van der Waals surface area contributed by atoms with Crippen molar-refractivity contribution in [2.45, 2.75) is 19.8 Å². The molecule has 0 saturated carbocycles. The number of aliphatic carboxylic acids is 1. The molecule has 1 rings (SSSR count). The number of carbonyl (C=O) groups excluding carboxylic acids is 1. The first-order chi connectivity index (χ1) is 7.59. The first-order valence-electron chi connectivity index (χ1n) is 5.12. The van der Waals surface area contributed by atoms with E-state index in [0.717, 1.165) is 12.0 Å². The molecule has 0 heterocycles. The second-order valence-electron chi connectivity index (χ2n) is 3.60. The Balaban J connectivity index is 2.33. The molecule has 0 unspecified atom stereocenters. The van der Waals surface area contributed by atoms with Crippen LogP contribution in [0.15, 0.2) is 24.3 Å². The van der Waals surface area contributed by atoms with Crippen LogP contribution in [0.5, 0.6) is 0 Å². The van der Waals surface area contributed by atoms with Crippen LogP contribution in [0.4, 0.5) is 0 Å². The number of carbonyl (C=O) groups is 2. The van der Waals surface area contributed by atoms with Gasteiger partial charge in [0.1, 0.15) is 6.42 Å². The number of carboxylic acid groups (broad SMARTS) is 1. The molecule has 0 radical (unpaired) electrons. The van der Waals surface area contributed by atoms with Crippen molar-refractivity contribution >= 4 is 11.9 Å². The minimum absolute atomic E-state index is 0.443. The van der Waals surface area contributed by atoms with E-state index in [9.17, 15) is 9.59 Å². The van der Waals surface area contributed by atoms with Gasteiger partial charge in [0.2, 0.25) is 5.91 Å². The largest absolute Gasteiger partial charge is 0.481 e. The summed E-state index contributed by atoms with van der Waals surface area (Å²) in [6.45, 7) is 2.48. The molecule has 1 aromatic carbocycles. The van der Waals surface area contributed by atoms with Gasteiger partial charge in [-0.15, -0.1) is 0 Å². The molecule has 0 bridgehead atoms. The number of amides is 1. The Labute approximate surface area is 94.3 Å². The lowest BCUT2D eigenvalue weighted by Gasteiger charge is -2.06. The van der Waals surface area contributed by atoms with Crippen molar-refractivity contribution in [3.05, 3.63) is 35.4 Å². The summed E-state index contributed by atoms with van der Waals surface area (Å²) >= 11 is 0. The van der Waals surface area contributed by atoms with Gasteiger partial charge in [-0.25, -0.2) is 0 Å². The van der Waals surface area contributed by atoms with E-state index in [2.05, 4.69) is 5.32 Å². The summed E-state index contributed by atoms with van der Waals surface area (Å²) in [5.74, 6) is -1.55. The lowest BCUT2D eigenvalue weighted by molar-refractivity contribution is -0.140. The molecule has 16 heavy (non-hydrogen) atoms. The smallest absolute Gasteiger partial charge is 0.312 e. The summed E-state index contributed by atoms with van der Waals surface area (Å²) < 4.78 is 0. The van der Waals surface area contributed by atoms with Gasteiger partial charge in [0, 0.05) is 6.54 Å².